The number of pyridine rings is 1. The molecule has 1 aromatic carbocycles. The van der Waals surface area contributed by atoms with Crippen molar-refractivity contribution in [3.63, 3.8) is 0 Å². The van der Waals surface area contributed by atoms with Gasteiger partial charge in [0.05, 0.1) is 23.5 Å². The van der Waals surface area contributed by atoms with Crippen LogP contribution >= 0.6 is 0 Å². The number of rotatable bonds is 5. The molecule has 0 unspecified atom stereocenters. The van der Waals surface area contributed by atoms with Gasteiger partial charge in [-0.15, -0.1) is 0 Å². The number of carbonyl (C=O) groups is 1. The van der Waals surface area contributed by atoms with Gasteiger partial charge in [0.25, 0.3) is 0 Å². The fourth-order valence-corrected chi connectivity index (χ4v) is 3.19. The summed E-state index contributed by atoms with van der Waals surface area (Å²) < 4.78 is 3.45. The Morgan fingerprint density at radius 2 is 2.03 bits per heavy atom. The van der Waals surface area contributed by atoms with Crippen molar-refractivity contribution < 1.29 is 4.79 Å². The van der Waals surface area contributed by atoms with Crippen molar-refractivity contribution in [3.8, 4) is 17.2 Å². The number of hydrogen-bond donors (Lipinski definition) is 1. The first-order valence-electron chi connectivity index (χ1n) is 9.19. The monoisotopic (exact) mass is 394 g/mol. The third kappa shape index (κ3) is 3.75. The minimum atomic E-state index is -0.264. The predicted octanol–water partition coefficient (Wildman–Crippen LogP) is 3.90. The number of aryl methyl sites for hydroxylation is 1. The molecule has 0 saturated heterocycles. The summed E-state index contributed by atoms with van der Waals surface area (Å²) in [5.41, 5.74) is 5.56. The molecule has 3 aromatic heterocycles. The van der Waals surface area contributed by atoms with E-state index in [1.165, 1.54) is 6.08 Å². The second kappa shape index (κ2) is 7.89. The van der Waals surface area contributed by atoms with Crippen LogP contribution in [0.1, 0.15) is 16.7 Å². The third-order valence-corrected chi connectivity index (χ3v) is 4.59. The van der Waals surface area contributed by atoms with Gasteiger partial charge in [-0.3, -0.25) is 9.48 Å². The van der Waals surface area contributed by atoms with Crippen molar-refractivity contribution in [2.24, 2.45) is 7.05 Å². The molecule has 3 heterocycles. The summed E-state index contributed by atoms with van der Waals surface area (Å²) in [6.07, 6.45) is 12.3. The first kappa shape index (κ1) is 18.9. The summed E-state index contributed by atoms with van der Waals surface area (Å²) in [5, 5.41) is 20.8. The number of aromatic nitrogens is 4. The van der Waals surface area contributed by atoms with Crippen LogP contribution in [0.2, 0.25) is 0 Å². The molecule has 0 spiro atoms. The number of amides is 1. The first-order valence-corrected chi connectivity index (χ1v) is 9.19. The van der Waals surface area contributed by atoms with Gasteiger partial charge in [-0.2, -0.15) is 15.5 Å². The van der Waals surface area contributed by atoms with Gasteiger partial charge in [0.15, 0.2) is 0 Å². The summed E-state index contributed by atoms with van der Waals surface area (Å²) in [4.78, 5) is 11.5. The lowest BCUT2D eigenvalue weighted by atomic mass is 10.0. The van der Waals surface area contributed by atoms with Crippen molar-refractivity contribution in [1.82, 2.24) is 19.4 Å². The molecule has 0 bridgehead atoms. The van der Waals surface area contributed by atoms with E-state index in [1.807, 2.05) is 61.9 Å². The zero-order chi connectivity index (χ0) is 21.1. The summed E-state index contributed by atoms with van der Waals surface area (Å²) in [7, 11) is 1.86. The minimum Gasteiger partial charge on any atom is -0.323 e. The van der Waals surface area contributed by atoms with Crippen LogP contribution in [-0.2, 0) is 11.8 Å². The van der Waals surface area contributed by atoms with Gasteiger partial charge in [0.1, 0.15) is 6.07 Å². The molecule has 4 rings (SSSR count). The number of hydrogen-bond acceptors (Lipinski definition) is 4. The van der Waals surface area contributed by atoms with Crippen LogP contribution < -0.4 is 5.32 Å². The molecule has 7 nitrogen and oxygen atoms in total. The van der Waals surface area contributed by atoms with Crippen LogP contribution in [-0.4, -0.2) is 25.3 Å². The zero-order valence-corrected chi connectivity index (χ0v) is 16.3. The van der Waals surface area contributed by atoms with Crippen LogP contribution in [0.15, 0.2) is 67.8 Å². The molecular formula is C23H18N6O. The molecule has 30 heavy (non-hydrogen) atoms. The van der Waals surface area contributed by atoms with E-state index in [4.69, 9.17) is 0 Å². The Morgan fingerprint density at radius 3 is 2.77 bits per heavy atom. The predicted molar refractivity (Wildman–Crippen MR) is 116 cm³/mol. The molecule has 0 aliphatic heterocycles. The average Bonchev–Trinajstić information content (AvgIpc) is 3.38. The SMILES string of the molecule is C=CC(=O)Nc1cccc(/C=C/c2cc(-c3cnn(C)c3)cn3ncc(C#N)c23)c1. The van der Waals surface area contributed by atoms with Gasteiger partial charge >= 0.3 is 0 Å². The third-order valence-electron chi connectivity index (χ3n) is 4.59. The van der Waals surface area contributed by atoms with Gasteiger partial charge in [0, 0.05) is 41.8 Å². The standard InChI is InChI=1S/C23H18N6O/c1-3-22(30)27-21-6-4-5-16(9-21)7-8-17-10-18(20-13-25-28(2)14-20)15-29-23(17)19(11-24)12-26-29/h3-10,12-15H,1H2,2H3,(H,27,30)/b8-7+. The lowest BCUT2D eigenvalue weighted by Crippen LogP contribution is -2.06. The quantitative estimate of drug-likeness (QED) is 0.520. The lowest BCUT2D eigenvalue weighted by Gasteiger charge is -2.06. The number of benzene rings is 1. The fourth-order valence-electron chi connectivity index (χ4n) is 3.19. The number of nitrogens with one attached hydrogen (secondary N) is 1. The molecule has 0 aliphatic rings. The Morgan fingerprint density at radius 1 is 1.17 bits per heavy atom. The molecular weight excluding hydrogens is 376 g/mol. The molecule has 4 aromatic rings. The molecule has 0 fully saturated rings. The van der Waals surface area contributed by atoms with Gasteiger partial charge in [-0.25, -0.2) is 4.52 Å². The maximum atomic E-state index is 11.5. The smallest absolute Gasteiger partial charge is 0.247 e. The fraction of sp³-hybridized carbons (Fsp3) is 0.0435. The largest absolute Gasteiger partial charge is 0.323 e. The van der Waals surface area contributed by atoms with Crippen molar-refractivity contribution in [2.75, 3.05) is 5.32 Å². The van der Waals surface area contributed by atoms with E-state index in [-0.39, 0.29) is 5.91 Å². The molecule has 146 valence electrons. The highest BCUT2D eigenvalue weighted by Crippen LogP contribution is 2.26. The summed E-state index contributed by atoms with van der Waals surface area (Å²) in [5.74, 6) is -0.264. The van der Waals surface area contributed by atoms with E-state index in [0.717, 1.165) is 27.8 Å². The van der Waals surface area contributed by atoms with Crippen molar-refractivity contribution in [2.45, 2.75) is 0 Å². The van der Waals surface area contributed by atoms with E-state index < -0.39 is 0 Å². The first-order chi connectivity index (χ1) is 14.6. The molecule has 0 aliphatic carbocycles. The molecule has 0 atom stereocenters. The average molecular weight is 394 g/mol. The molecule has 0 saturated carbocycles. The van der Waals surface area contributed by atoms with Crippen LogP contribution in [0.4, 0.5) is 5.69 Å². The van der Waals surface area contributed by atoms with E-state index in [0.29, 0.717) is 11.3 Å². The van der Waals surface area contributed by atoms with Crippen LogP contribution in [0, 0.1) is 11.3 Å². The van der Waals surface area contributed by atoms with E-state index in [1.54, 1.807) is 21.6 Å². The van der Waals surface area contributed by atoms with Gasteiger partial charge in [0.2, 0.25) is 5.91 Å². The number of anilines is 1. The Labute approximate surface area is 173 Å². The van der Waals surface area contributed by atoms with Gasteiger partial charge in [-0.1, -0.05) is 30.9 Å². The Balaban J connectivity index is 1.77. The summed E-state index contributed by atoms with van der Waals surface area (Å²) >= 11 is 0. The van der Waals surface area contributed by atoms with Crippen molar-refractivity contribution in [1.29, 1.82) is 5.26 Å². The van der Waals surface area contributed by atoms with Crippen molar-refractivity contribution in [3.05, 3.63) is 84.5 Å². The van der Waals surface area contributed by atoms with E-state index >= 15 is 0 Å². The topological polar surface area (TPSA) is 88.0 Å². The van der Waals surface area contributed by atoms with Crippen LogP contribution in [0.25, 0.3) is 28.8 Å². The zero-order valence-electron chi connectivity index (χ0n) is 16.3. The second-order valence-corrected chi connectivity index (χ2v) is 6.70. The minimum absolute atomic E-state index is 0.264. The van der Waals surface area contributed by atoms with Crippen LogP contribution in [0.3, 0.4) is 0 Å². The van der Waals surface area contributed by atoms with Crippen LogP contribution in [0.5, 0.6) is 0 Å². The van der Waals surface area contributed by atoms with Gasteiger partial charge in [-0.05, 0) is 29.8 Å². The maximum absolute atomic E-state index is 11.5. The highest BCUT2D eigenvalue weighted by atomic mass is 16.1. The number of fused-ring (bicyclic) bond motifs is 1. The van der Waals surface area contributed by atoms with E-state index in [9.17, 15) is 10.1 Å². The van der Waals surface area contributed by atoms with Gasteiger partial charge < -0.3 is 5.32 Å². The molecule has 1 amide bonds. The van der Waals surface area contributed by atoms with E-state index in [2.05, 4.69) is 28.2 Å². The highest BCUT2D eigenvalue weighted by molar-refractivity contribution is 5.99. The Bertz CT molecular complexity index is 1340. The maximum Gasteiger partial charge on any atom is 0.247 e. The lowest BCUT2D eigenvalue weighted by molar-refractivity contribution is -0.111. The molecule has 0 radical (unpaired) electrons. The summed E-state index contributed by atoms with van der Waals surface area (Å²) in [6.45, 7) is 3.46. The summed E-state index contributed by atoms with van der Waals surface area (Å²) in [6, 6.07) is 11.7. The number of carbonyl (C=O) groups excluding carboxylic acids is 1. The number of nitrogens with zero attached hydrogens (tertiary/aromatic N) is 5. The Kier molecular flexibility index (Phi) is 4.97. The molecule has 1 N–H and O–H groups in total. The normalized spacial score (nSPS) is 10.9. The number of nitriles is 1. The molecule has 7 heteroatoms. The highest BCUT2D eigenvalue weighted by Gasteiger charge is 2.11. The second-order valence-electron chi connectivity index (χ2n) is 6.70. The van der Waals surface area contributed by atoms with Crippen molar-refractivity contribution >= 4 is 29.3 Å². The Hall–Kier alpha value is -4.44.